The summed E-state index contributed by atoms with van der Waals surface area (Å²) in [6.07, 6.45) is 7.58. The van der Waals surface area contributed by atoms with Gasteiger partial charge in [0.1, 0.15) is 5.75 Å². The van der Waals surface area contributed by atoms with Crippen molar-refractivity contribution in [1.29, 1.82) is 0 Å². The van der Waals surface area contributed by atoms with Crippen LogP contribution in [-0.4, -0.2) is 38.2 Å². The van der Waals surface area contributed by atoms with Crippen LogP contribution in [0, 0.1) is 0 Å². The number of amides is 3. The van der Waals surface area contributed by atoms with E-state index in [2.05, 4.69) is 16.7 Å². The molecule has 0 atom stereocenters. The molecule has 0 saturated carbocycles. The largest absolute Gasteiger partial charge is 0.496 e. The molecule has 1 aliphatic carbocycles. The first-order valence-corrected chi connectivity index (χ1v) is 9.11. The van der Waals surface area contributed by atoms with E-state index in [1.807, 2.05) is 0 Å². The highest BCUT2D eigenvalue weighted by atomic mass is 16.5. The van der Waals surface area contributed by atoms with Crippen molar-refractivity contribution in [1.82, 2.24) is 10.6 Å². The third-order valence-electron chi connectivity index (χ3n) is 4.26. The molecule has 0 bridgehead atoms. The predicted octanol–water partition coefficient (Wildman–Crippen LogP) is 2.50. The van der Waals surface area contributed by atoms with E-state index in [0.717, 1.165) is 19.3 Å². The van der Waals surface area contributed by atoms with E-state index in [1.165, 1.54) is 25.5 Å². The van der Waals surface area contributed by atoms with E-state index in [1.54, 1.807) is 24.3 Å². The van der Waals surface area contributed by atoms with Gasteiger partial charge in [-0.15, -0.1) is 0 Å². The second-order valence-corrected chi connectivity index (χ2v) is 6.31. The molecule has 2 rings (SSSR count). The first-order chi connectivity index (χ1) is 13.1. The molecule has 0 fully saturated rings. The third-order valence-corrected chi connectivity index (χ3v) is 4.26. The summed E-state index contributed by atoms with van der Waals surface area (Å²) in [5, 5.41) is 4.78. The number of allylic oxidation sites excluding steroid dienone is 1. The van der Waals surface area contributed by atoms with Crippen LogP contribution in [0.25, 0.3) is 0 Å². The van der Waals surface area contributed by atoms with Gasteiger partial charge in [0.05, 0.1) is 13.5 Å². The van der Waals surface area contributed by atoms with Crippen molar-refractivity contribution in [2.45, 2.75) is 38.5 Å². The predicted molar refractivity (Wildman–Crippen MR) is 100 cm³/mol. The second-order valence-electron chi connectivity index (χ2n) is 6.31. The van der Waals surface area contributed by atoms with E-state index in [0.29, 0.717) is 17.9 Å². The number of carbonyl (C=O) groups excluding carboxylic acids is 3. The summed E-state index contributed by atoms with van der Waals surface area (Å²) in [5.41, 5.74) is 2.01. The van der Waals surface area contributed by atoms with Gasteiger partial charge in [-0.25, -0.2) is 4.79 Å². The lowest BCUT2D eigenvalue weighted by atomic mass is 9.97. The molecule has 3 amide bonds. The molecule has 0 aromatic heterocycles. The number of nitrogens with one attached hydrogen (secondary N) is 2. The molecule has 2 N–H and O–H groups in total. The summed E-state index contributed by atoms with van der Waals surface area (Å²) in [6, 6.07) is 6.48. The number of urea groups is 1. The zero-order valence-electron chi connectivity index (χ0n) is 15.6. The number of hydrogen-bond donors (Lipinski definition) is 2. The fourth-order valence-corrected chi connectivity index (χ4v) is 2.88. The Morgan fingerprint density at radius 2 is 1.96 bits per heavy atom. The molecule has 0 unspecified atom stereocenters. The molecule has 0 spiro atoms. The summed E-state index contributed by atoms with van der Waals surface area (Å²) in [5.74, 6) is -0.664. The van der Waals surface area contributed by atoms with Crippen LogP contribution in [0.15, 0.2) is 35.9 Å². The fourth-order valence-electron chi connectivity index (χ4n) is 2.88. The molecule has 0 heterocycles. The number of para-hydroxylation sites is 1. The quantitative estimate of drug-likeness (QED) is 0.539. The van der Waals surface area contributed by atoms with Crippen molar-refractivity contribution in [3.05, 3.63) is 41.5 Å². The number of rotatable bonds is 8. The van der Waals surface area contributed by atoms with Crippen LogP contribution in [0.2, 0.25) is 0 Å². The lowest BCUT2D eigenvalue weighted by Crippen LogP contribution is -2.41. The van der Waals surface area contributed by atoms with Crippen LogP contribution in [0.4, 0.5) is 4.79 Å². The molecule has 1 aromatic carbocycles. The number of methoxy groups -OCH3 is 1. The Morgan fingerprint density at radius 3 is 2.70 bits per heavy atom. The summed E-state index contributed by atoms with van der Waals surface area (Å²) in [7, 11) is 1.51. The molecule has 0 saturated heterocycles. The van der Waals surface area contributed by atoms with Gasteiger partial charge in [-0.2, -0.15) is 0 Å². The average Bonchev–Trinajstić information content (AvgIpc) is 2.67. The van der Waals surface area contributed by atoms with Gasteiger partial charge in [-0.1, -0.05) is 29.8 Å². The van der Waals surface area contributed by atoms with E-state index in [4.69, 9.17) is 9.47 Å². The fraction of sp³-hybridized carbons (Fsp3) is 0.450. The molecule has 0 radical (unpaired) electrons. The Labute approximate surface area is 159 Å². The van der Waals surface area contributed by atoms with Crippen LogP contribution < -0.4 is 15.4 Å². The van der Waals surface area contributed by atoms with Gasteiger partial charge < -0.3 is 14.8 Å². The van der Waals surface area contributed by atoms with E-state index >= 15 is 0 Å². The Balaban J connectivity index is 1.63. The van der Waals surface area contributed by atoms with Crippen molar-refractivity contribution in [3.63, 3.8) is 0 Å². The zero-order valence-corrected chi connectivity index (χ0v) is 15.6. The van der Waals surface area contributed by atoms with Crippen molar-refractivity contribution < 1.29 is 23.9 Å². The Bertz CT molecular complexity index is 699. The van der Waals surface area contributed by atoms with E-state index < -0.39 is 24.5 Å². The molecular weight excluding hydrogens is 348 g/mol. The van der Waals surface area contributed by atoms with Gasteiger partial charge >= 0.3 is 12.0 Å². The van der Waals surface area contributed by atoms with Crippen LogP contribution in [0.5, 0.6) is 5.75 Å². The third kappa shape index (κ3) is 7.52. The number of benzene rings is 1. The average molecular weight is 374 g/mol. The van der Waals surface area contributed by atoms with Gasteiger partial charge in [0.15, 0.2) is 6.61 Å². The van der Waals surface area contributed by atoms with Gasteiger partial charge in [0.25, 0.3) is 5.91 Å². The molecule has 7 nitrogen and oxygen atoms in total. The summed E-state index contributed by atoms with van der Waals surface area (Å²) < 4.78 is 10.1. The molecule has 27 heavy (non-hydrogen) atoms. The minimum absolute atomic E-state index is 0.0153. The second kappa shape index (κ2) is 11.0. The highest BCUT2D eigenvalue weighted by Crippen LogP contribution is 2.19. The molecule has 7 heteroatoms. The normalized spacial score (nSPS) is 13.3. The smallest absolute Gasteiger partial charge is 0.321 e. The minimum Gasteiger partial charge on any atom is -0.496 e. The molecule has 1 aromatic rings. The van der Waals surface area contributed by atoms with Crippen LogP contribution in [0.3, 0.4) is 0 Å². The van der Waals surface area contributed by atoms with Gasteiger partial charge in [0, 0.05) is 12.1 Å². The number of esters is 1. The highest BCUT2D eigenvalue weighted by molar-refractivity contribution is 5.95. The summed E-state index contributed by atoms with van der Waals surface area (Å²) in [4.78, 5) is 35.3. The van der Waals surface area contributed by atoms with Crippen molar-refractivity contribution in [2.75, 3.05) is 20.3 Å². The van der Waals surface area contributed by atoms with Crippen molar-refractivity contribution in [2.24, 2.45) is 0 Å². The number of imide groups is 1. The molecule has 1 aliphatic rings. The molecule has 0 aliphatic heterocycles. The molecular formula is C20H26N2O5. The number of carbonyl (C=O) groups is 3. The van der Waals surface area contributed by atoms with E-state index in [-0.39, 0.29) is 6.42 Å². The maximum absolute atomic E-state index is 11.9. The van der Waals surface area contributed by atoms with Gasteiger partial charge in [-0.3, -0.25) is 14.9 Å². The lowest BCUT2D eigenvalue weighted by molar-refractivity contribution is -0.147. The standard InChI is InChI=1S/C20H26N2O5/c1-26-17-10-6-5-9-16(17)13-19(24)27-14-18(23)22-20(25)21-12-11-15-7-3-2-4-8-15/h5-7,9-10H,2-4,8,11-14H2,1H3,(H2,21,22,23,25). The van der Waals surface area contributed by atoms with Crippen LogP contribution in [-0.2, 0) is 20.7 Å². The SMILES string of the molecule is COc1ccccc1CC(=O)OCC(=O)NC(=O)NCCC1=CCCCC1. The Kier molecular flexibility index (Phi) is 8.35. The van der Waals surface area contributed by atoms with Crippen LogP contribution in [0.1, 0.15) is 37.7 Å². The monoisotopic (exact) mass is 374 g/mol. The lowest BCUT2D eigenvalue weighted by Gasteiger charge is -2.13. The topological polar surface area (TPSA) is 93.7 Å². The Morgan fingerprint density at radius 1 is 1.15 bits per heavy atom. The van der Waals surface area contributed by atoms with Crippen molar-refractivity contribution >= 4 is 17.9 Å². The van der Waals surface area contributed by atoms with Gasteiger partial charge in [-0.05, 0) is 38.2 Å². The summed E-state index contributed by atoms with van der Waals surface area (Å²) >= 11 is 0. The van der Waals surface area contributed by atoms with Crippen LogP contribution >= 0.6 is 0 Å². The first-order valence-electron chi connectivity index (χ1n) is 9.11. The maximum atomic E-state index is 11.9. The zero-order chi connectivity index (χ0) is 19.5. The van der Waals surface area contributed by atoms with Gasteiger partial charge in [0.2, 0.25) is 0 Å². The number of ether oxygens (including phenoxy) is 2. The molecule has 146 valence electrons. The minimum atomic E-state index is -0.669. The summed E-state index contributed by atoms with van der Waals surface area (Å²) in [6.45, 7) is -0.0366. The Hall–Kier alpha value is -2.83. The first kappa shape index (κ1) is 20.5. The van der Waals surface area contributed by atoms with Crippen molar-refractivity contribution in [3.8, 4) is 5.75 Å². The van der Waals surface area contributed by atoms with E-state index in [9.17, 15) is 14.4 Å². The number of hydrogen-bond acceptors (Lipinski definition) is 5. The highest BCUT2D eigenvalue weighted by Gasteiger charge is 2.13. The maximum Gasteiger partial charge on any atom is 0.321 e.